The van der Waals surface area contributed by atoms with E-state index in [1.54, 1.807) is 0 Å². The Bertz CT molecular complexity index is 982. The third kappa shape index (κ3) is 6.26. The minimum atomic E-state index is -0.897. The first kappa shape index (κ1) is 24.6. The van der Waals surface area contributed by atoms with Crippen LogP contribution in [0.5, 0.6) is 0 Å². The number of anilines is 3. The molecule has 4 N–H and O–H groups in total. The number of hydrogen-bond acceptors (Lipinski definition) is 4. The summed E-state index contributed by atoms with van der Waals surface area (Å²) in [6, 6.07) is 12.8. The monoisotopic (exact) mass is 453 g/mol. The summed E-state index contributed by atoms with van der Waals surface area (Å²) in [4.78, 5) is 26.3. The molecule has 3 rings (SSSR count). The lowest BCUT2D eigenvalue weighted by Crippen LogP contribution is -2.46. The van der Waals surface area contributed by atoms with E-state index in [0.717, 1.165) is 36.2 Å². The molecule has 178 valence electrons. The molecule has 33 heavy (non-hydrogen) atoms. The van der Waals surface area contributed by atoms with Crippen molar-refractivity contribution in [3.05, 3.63) is 53.6 Å². The van der Waals surface area contributed by atoms with Gasteiger partial charge in [0.05, 0.1) is 29.4 Å². The zero-order valence-corrected chi connectivity index (χ0v) is 19.9. The molecule has 7 heteroatoms. The maximum absolute atomic E-state index is 12.9. The van der Waals surface area contributed by atoms with E-state index in [1.807, 2.05) is 70.2 Å². The van der Waals surface area contributed by atoms with Crippen molar-refractivity contribution in [2.75, 3.05) is 22.1 Å². The highest BCUT2D eigenvalue weighted by Gasteiger charge is 2.37. The van der Waals surface area contributed by atoms with Crippen molar-refractivity contribution in [3.8, 4) is 0 Å². The Morgan fingerprint density at radius 2 is 1.85 bits per heavy atom. The van der Waals surface area contributed by atoms with Crippen molar-refractivity contribution in [1.29, 1.82) is 0 Å². The molecule has 7 nitrogen and oxygen atoms in total. The van der Waals surface area contributed by atoms with Gasteiger partial charge in [0.1, 0.15) is 0 Å². The van der Waals surface area contributed by atoms with Gasteiger partial charge in [-0.3, -0.25) is 4.79 Å². The van der Waals surface area contributed by atoms with Gasteiger partial charge in [0.2, 0.25) is 0 Å². The van der Waals surface area contributed by atoms with Gasteiger partial charge in [0.15, 0.2) is 0 Å². The molecule has 2 aromatic carbocycles. The summed E-state index contributed by atoms with van der Waals surface area (Å²) >= 11 is 0. The standard InChI is InChI=1S/C26H35N3O4/c1-5-18(16-24(30)31)19-10-13-22(29-14-6-7-23(29)26(3,4)33)21(15-19)28-25(32)27-20-11-8-17(2)9-12-20/h8-13,15,18,23,33H,5-7,14,16H2,1-4H3,(H,30,31)(H2,27,28,32)/t18-,23-/m1/s1. The first-order chi connectivity index (χ1) is 15.6. The molecule has 0 bridgehead atoms. The zero-order valence-electron chi connectivity index (χ0n) is 19.9. The number of urea groups is 1. The zero-order chi connectivity index (χ0) is 24.2. The van der Waals surface area contributed by atoms with Crippen molar-refractivity contribution >= 4 is 29.1 Å². The van der Waals surface area contributed by atoms with Crippen molar-refractivity contribution in [3.63, 3.8) is 0 Å². The molecule has 0 aliphatic carbocycles. The van der Waals surface area contributed by atoms with Gasteiger partial charge in [0, 0.05) is 12.2 Å². The van der Waals surface area contributed by atoms with Gasteiger partial charge in [0.25, 0.3) is 0 Å². The fraction of sp³-hybridized carbons (Fsp3) is 0.462. The molecule has 0 radical (unpaired) electrons. The maximum atomic E-state index is 12.9. The van der Waals surface area contributed by atoms with Gasteiger partial charge in [-0.25, -0.2) is 4.79 Å². The molecule has 2 amide bonds. The van der Waals surface area contributed by atoms with Crippen LogP contribution in [0.1, 0.15) is 63.5 Å². The Morgan fingerprint density at radius 3 is 2.45 bits per heavy atom. The van der Waals surface area contributed by atoms with Crippen molar-refractivity contribution < 1.29 is 19.8 Å². The fourth-order valence-electron chi connectivity index (χ4n) is 4.58. The highest BCUT2D eigenvalue weighted by Crippen LogP contribution is 2.38. The van der Waals surface area contributed by atoms with Crippen LogP contribution in [0.15, 0.2) is 42.5 Å². The number of aryl methyl sites for hydroxylation is 1. The van der Waals surface area contributed by atoms with Crippen LogP contribution in [-0.2, 0) is 4.79 Å². The van der Waals surface area contributed by atoms with E-state index < -0.39 is 11.6 Å². The molecule has 2 aromatic rings. The number of carboxylic acid groups (broad SMARTS) is 1. The molecule has 1 aliphatic heterocycles. The average molecular weight is 454 g/mol. The number of nitrogens with one attached hydrogen (secondary N) is 2. The third-order valence-corrected chi connectivity index (χ3v) is 6.34. The smallest absolute Gasteiger partial charge is 0.323 e. The van der Waals surface area contributed by atoms with E-state index in [2.05, 4.69) is 15.5 Å². The molecule has 0 aromatic heterocycles. The summed E-state index contributed by atoms with van der Waals surface area (Å²) in [5.41, 5.74) is 3.19. The number of aliphatic carboxylic acids is 1. The molecule has 0 unspecified atom stereocenters. The SMILES string of the molecule is CC[C@H](CC(=O)O)c1ccc(N2CCC[C@@H]2C(C)(C)O)c(NC(=O)Nc2ccc(C)cc2)c1. The Hall–Kier alpha value is -3.06. The lowest BCUT2D eigenvalue weighted by atomic mass is 9.92. The number of carbonyl (C=O) groups is 2. The number of amides is 2. The summed E-state index contributed by atoms with van der Waals surface area (Å²) in [5, 5.41) is 25.9. The highest BCUT2D eigenvalue weighted by atomic mass is 16.4. The van der Waals surface area contributed by atoms with Gasteiger partial charge in [-0.2, -0.15) is 0 Å². The second-order valence-corrected chi connectivity index (χ2v) is 9.43. The van der Waals surface area contributed by atoms with Gasteiger partial charge >= 0.3 is 12.0 Å². The summed E-state index contributed by atoms with van der Waals surface area (Å²) in [7, 11) is 0. The molecule has 1 heterocycles. The Morgan fingerprint density at radius 1 is 1.15 bits per heavy atom. The number of benzene rings is 2. The van der Waals surface area contributed by atoms with Gasteiger partial charge < -0.3 is 25.7 Å². The number of nitrogens with zero attached hydrogens (tertiary/aromatic N) is 1. The summed E-state index contributed by atoms with van der Waals surface area (Å²) in [6.07, 6.45) is 2.51. The molecule has 1 aliphatic rings. The molecular weight excluding hydrogens is 418 g/mol. The Labute approximate surface area is 195 Å². The lowest BCUT2D eigenvalue weighted by Gasteiger charge is -2.36. The number of hydrogen-bond donors (Lipinski definition) is 4. The van der Waals surface area contributed by atoms with E-state index in [9.17, 15) is 19.8 Å². The average Bonchev–Trinajstić information content (AvgIpc) is 3.24. The van der Waals surface area contributed by atoms with Crippen molar-refractivity contribution in [1.82, 2.24) is 0 Å². The Balaban J connectivity index is 1.94. The minimum Gasteiger partial charge on any atom is -0.481 e. The quantitative estimate of drug-likeness (QED) is 0.432. The lowest BCUT2D eigenvalue weighted by molar-refractivity contribution is -0.137. The van der Waals surface area contributed by atoms with Crippen LogP contribution < -0.4 is 15.5 Å². The largest absolute Gasteiger partial charge is 0.481 e. The van der Waals surface area contributed by atoms with E-state index >= 15 is 0 Å². The first-order valence-corrected chi connectivity index (χ1v) is 11.6. The normalized spacial score (nSPS) is 17.0. The number of carboxylic acids is 1. The Kier molecular flexibility index (Phi) is 7.64. The van der Waals surface area contributed by atoms with Crippen LogP contribution in [0.25, 0.3) is 0 Å². The van der Waals surface area contributed by atoms with Crippen LogP contribution in [0, 0.1) is 6.92 Å². The predicted octanol–water partition coefficient (Wildman–Crippen LogP) is 5.35. The van der Waals surface area contributed by atoms with E-state index in [0.29, 0.717) is 17.8 Å². The molecule has 2 atom stereocenters. The van der Waals surface area contributed by atoms with Crippen LogP contribution in [-0.4, -0.2) is 40.4 Å². The van der Waals surface area contributed by atoms with Crippen molar-refractivity contribution in [2.45, 2.75) is 70.9 Å². The second kappa shape index (κ2) is 10.3. The van der Waals surface area contributed by atoms with Gasteiger partial charge in [-0.15, -0.1) is 0 Å². The second-order valence-electron chi connectivity index (χ2n) is 9.43. The van der Waals surface area contributed by atoms with Gasteiger partial charge in [-0.1, -0.05) is 30.7 Å². The van der Waals surface area contributed by atoms with Gasteiger partial charge in [-0.05, 0) is 75.8 Å². The van der Waals surface area contributed by atoms with E-state index in [4.69, 9.17) is 0 Å². The summed E-state index contributed by atoms with van der Waals surface area (Å²) in [5.74, 6) is -1.000. The van der Waals surface area contributed by atoms with E-state index in [1.165, 1.54) is 0 Å². The fourth-order valence-corrected chi connectivity index (χ4v) is 4.58. The topological polar surface area (TPSA) is 102 Å². The minimum absolute atomic E-state index is 0.0286. The number of carbonyl (C=O) groups excluding carboxylic acids is 1. The molecule has 0 saturated carbocycles. The highest BCUT2D eigenvalue weighted by molar-refractivity contribution is 6.02. The number of rotatable bonds is 8. The van der Waals surface area contributed by atoms with Crippen LogP contribution >= 0.6 is 0 Å². The molecule has 0 spiro atoms. The van der Waals surface area contributed by atoms with Crippen LogP contribution in [0.2, 0.25) is 0 Å². The summed E-state index contributed by atoms with van der Waals surface area (Å²) in [6.45, 7) is 8.33. The number of aliphatic hydroxyl groups is 1. The van der Waals surface area contributed by atoms with Crippen molar-refractivity contribution in [2.24, 2.45) is 0 Å². The van der Waals surface area contributed by atoms with Crippen LogP contribution in [0.4, 0.5) is 21.9 Å². The predicted molar refractivity (Wildman–Crippen MR) is 132 cm³/mol. The molecular formula is C26H35N3O4. The maximum Gasteiger partial charge on any atom is 0.323 e. The molecule has 1 saturated heterocycles. The van der Waals surface area contributed by atoms with Crippen LogP contribution in [0.3, 0.4) is 0 Å². The summed E-state index contributed by atoms with van der Waals surface area (Å²) < 4.78 is 0. The first-order valence-electron chi connectivity index (χ1n) is 11.6. The van der Waals surface area contributed by atoms with E-state index in [-0.39, 0.29) is 24.4 Å². The third-order valence-electron chi connectivity index (χ3n) is 6.34. The molecule has 1 fully saturated rings.